The van der Waals surface area contributed by atoms with Crippen LogP contribution in [0.15, 0.2) is 121 Å². The van der Waals surface area contributed by atoms with E-state index in [1.807, 2.05) is 0 Å². The fourth-order valence-corrected chi connectivity index (χ4v) is 4.90. The number of hydrogen-bond acceptors (Lipinski definition) is 1. The number of anilines is 2. The zero-order valence-corrected chi connectivity index (χ0v) is 18.0. The number of benzene rings is 6. The maximum absolute atomic E-state index is 2.34. The number of para-hydroxylation sites is 1. The van der Waals surface area contributed by atoms with Gasteiger partial charge in [-0.15, -0.1) is 0 Å². The summed E-state index contributed by atoms with van der Waals surface area (Å²) in [6.07, 6.45) is 0. The lowest BCUT2D eigenvalue weighted by Gasteiger charge is -2.25. The van der Waals surface area contributed by atoms with Crippen molar-refractivity contribution in [2.75, 3.05) is 11.9 Å². The van der Waals surface area contributed by atoms with Crippen LogP contribution in [0.25, 0.3) is 43.4 Å². The molecule has 152 valence electrons. The first-order valence-corrected chi connectivity index (χ1v) is 11.0. The van der Waals surface area contributed by atoms with Crippen LogP contribution in [0.2, 0.25) is 0 Å². The molecule has 6 rings (SSSR count). The summed E-state index contributed by atoms with van der Waals surface area (Å²) in [4.78, 5) is 2.34. The maximum atomic E-state index is 2.34. The van der Waals surface area contributed by atoms with E-state index in [9.17, 15) is 0 Å². The molecule has 1 nitrogen and oxygen atoms in total. The van der Waals surface area contributed by atoms with Gasteiger partial charge in [-0.3, -0.25) is 0 Å². The van der Waals surface area contributed by atoms with E-state index in [0.29, 0.717) is 0 Å². The van der Waals surface area contributed by atoms with Gasteiger partial charge >= 0.3 is 0 Å². The topological polar surface area (TPSA) is 3.24 Å². The molecule has 0 heterocycles. The Bertz CT molecular complexity index is 1590. The van der Waals surface area contributed by atoms with E-state index in [2.05, 4.69) is 133 Å². The van der Waals surface area contributed by atoms with Crippen LogP contribution in [-0.4, -0.2) is 7.05 Å². The van der Waals surface area contributed by atoms with Gasteiger partial charge in [0.15, 0.2) is 0 Å². The van der Waals surface area contributed by atoms with Crippen molar-refractivity contribution in [1.82, 2.24) is 0 Å². The Morgan fingerprint density at radius 1 is 0.406 bits per heavy atom. The highest BCUT2D eigenvalue weighted by atomic mass is 15.1. The lowest BCUT2D eigenvalue weighted by atomic mass is 9.95. The SMILES string of the molecule is CN(c1ccccc1-c1cccc2ccccc12)c1cc2ccccc2c2ccccc12. The van der Waals surface area contributed by atoms with Gasteiger partial charge < -0.3 is 4.90 Å². The fourth-order valence-electron chi connectivity index (χ4n) is 4.90. The van der Waals surface area contributed by atoms with Crippen molar-refractivity contribution in [2.24, 2.45) is 0 Å². The Morgan fingerprint density at radius 3 is 1.81 bits per heavy atom. The molecule has 0 aliphatic heterocycles. The second kappa shape index (κ2) is 7.55. The highest BCUT2D eigenvalue weighted by molar-refractivity contribution is 6.14. The molecule has 0 saturated carbocycles. The van der Waals surface area contributed by atoms with E-state index < -0.39 is 0 Å². The summed E-state index contributed by atoms with van der Waals surface area (Å²) in [6, 6.07) is 43.6. The minimum absolute atomic E-state index is 1.20. The lowest BCUT2D eigenvalue weighted by Crippen LogP contribution is -2.11. The van der Waals surface area contributed by atoms with Gasteiger partial charge in [-0.1, -0.05) is 109 Å². The van der Waals surface area contributed by atoms with Gasteiger partial charge in [0.2, 0.25) is 0 Å². The molecule has 0 N–H and O–H groups in total. The van der Waals surface area contributed by atoms with Crippen LogP contribution in [0, 0.1) is 0 Å². The predicted molar refractivity (Wildman–Crippen MR) is 139 cm³/mol. The number of hydrogen-bond donors (Lipinski definition) is 0. The van der Waals surface area contributed by atoms with Gasteiger partial charge in [0.25, 0.3) is 0 Å². The van der Waals surface area contributed by atoms with Gasteiger partial charge in [-0.05, 0) is 44.6 Å². The molecule has 0 aliphatic carbocycles. The number of fused-ring (bicyclic) bond motifs is 4. The summed E-state index contributed by atoms with van der Waals surface area (Å²) in [6.45, 7) is 0. The third-order valence-corrected chi connectivity index (χ3v) is 6.45. The largest absolute Gasteiger partial charge is 0.344 e. The Balaban J connectivity index is 1.60. The molecule has 0 bridgehead atoms. The second-order valence-electron chi connectivity index (χ2n) is 8.27. The van der Waals surface area contributed by atoms with Crippen molar-refractivity contribution in [2.45, 2.75) is 0 Å². The summed E-state index contributed by atoms with van der Waals surface area (Å²) in [5, 5.41) is 7.65. The first-order chi connectivity index (χ1) is 15.8. The van der Waals surface area contributed by atoms with Crippen LogP contribution in [0.3, 0.4) is 0 Å². The average Bonchev–Trinajstić information content (AvgIpc) is 2.87. The second-order valence-corrected chi connectivity index (χ2v) is 8.27. The van der Waals surface area contributed by atoms with Crippen molar-refractivity contribution in [3.8, 4) is 11.1 Å². The highest BCUT2D eigenvalue weighted by Gasteiger charge is 2.16. The lowest BCUT2D eigenvalue weighted by molar-refractivity contribution is 1.23. The van der Waals surface area contributed by atoms with E-state index in [1.54, 1.807) is 0 Å². The van der Waals surface area contributed by atoms with Gasteiger partial charge in [0, 0.05) is 29.4 Å². The molecule has 0 amide bonds. The molecule has 0 atom stereocenters. The smallest absolute Gasteiger partial charge is 0.0494 e. The quantitative estimate of drug-likeness (QED) is 0.265. The van der Waals surface area contributed by atoms with Crippen molar-refractivity contribution in [3.63, 3.8) is 0 Å². The monoisotopic (exact) mass is 409 g/mol. The van der Waals surface area contributed by atoms with Crippen molar-refractivity contribution >= 4 is 43.7 Å². The van der Waals surface area contributed by atoms with Crippen LogP contribution in [0.1, 0.15) is 0 Å². The molecule has 0 saturated heterocycles. The molecule has 32 heavy (non-hydrogen) atoms. The van der Waals surface area contributed by atoms with Gasteiger partial charge in [0.05, 0.1) is 0 Å². The van der Waals surface area contributed by atoms with Gasteiger partial charge in [0.1, 0.15) is 0 Å². The highest BCUT2D eigenvalue weighted by Crippen LogP contribution is 2.41. The summed E-state index contributed by atoms with van der Waals surface area (Å²) < 4.78 is 0. The maximum Gasteiger partial charge on any atom is 0.0494 e. The minimum atomic E-state index is 1.20. The first-order valence-electron chi connectivity index (χ1n) is 11.0. The minimum Gasteiger partial charge on any atom is -0.344 e. The van der Waals surface area contributed by atoms with Crippen molar-refractivity contribution in [3.05, 3.63) is 121 Å². The van der Waals surface area contributed by atoms with Crippen LogP contribution in [-0.2, 0) is 0 Å². The molecule has 0 fully saturated rings. The third-order valence-electron chi connectivity index (χ3n) is 6.45. The Morgan fingerprint density at radius 2 is 0.969 bits per heavy atom. The molecule has 0 spiro atoms. The summed E-state index contributed by atoms with van der Waals surface area (Å²) in [5.74, 6) is 0. The van der Waals surface area contributed by atoms with Crippen LogP contribution in [0.4, 0.5) is 11.4 Å². The summed E-state index contributed by atoms with van der Waals surface area (Å²) in [7, 11) is 2.18. The van der Waals surface area contributed by atoms with Crippen LogP contribution >= 0.6 is 0 Å². The van der Waals surface area contributed by atoms with Gasteiger partial charge in [-0.25, -0.2) is 0 Å². The zero-order valence-electron chi connectivity index (χ0n) is 18.0. The number of nitrogens with zero attached hydrogens (tertiary/aromatic N) is 1. The van der Waals surface area contributed by atoms with Crippen molar-refractivity contribution < 1.29 is 0 Å². The zero-order chi connectivity index (χ0) is 21.5. The predicted octanol–water partition coefficient (Wildman–Crippen LogP) is 8.58. The molecule has 6 aromatic rings. The van der Waals surface area contributed by atoms with E-state index in [4.69, 9.17) is 0 Å². The first kappa shape index (κ1) is 18.7. The molecular weight excluding hydrogens is 386 g/mol. The normalized spacial score (nSPS) is 11.3. The third kappa shape index (κ3) is 2.94. The molecule has 1 heteroatoms. The van der Waals surface area contributed by atoms with E-state index in [0.717, 1.165) is 0 Å². The van der Waals surface area contributed by atoms with E-state index >= 15 is 0 Å². The molecule has 0 aromatic heterocycles. The Kier molecular flexibility index (Phi) is 4.40. The Hall–Kier alpha value is -4.10. The standard InChI is InChI=1S/C31H23N/c1-32(31-21-23-12-3-5-15-25(23)26-16-6-7-18-29(26)31)30-20-9-8-17-28(30)27-19-10-13-22-11-2-4-14-24(22)27/h2-21H,1H3. The van der Waals surface area contributed by atoms with Crippen molar-refractivity contribution in [1.29, 1.82) is 0 Å². The Labute approximate surface area is 188 Å². The van der Waals surface area contributed by atoms with E-state index in [1.165, 1.54) is 54.8 Å². The molecular formula is C31H23N. The molecule has 0 aliphatic rings. The van der Waals surface area contributed by atoms with Gasteiger partial charge in [-0.2, -0.15) is 0 Å². The molecule has 6 aromatic carbocycles. The number of rotatable bonds is 3. The molecule has 0 radical (unpaired) electrons. The van der Waals surface area contributed by atoms with E-state index in [-0.39, 0.29) is 0 Å². The van der Waals surface area contributed by atoms with Crippen LogP contribution < -0.4 is 4.90 Å². The van der Waals surface area contributed by atoms with Crippen LogP contribution in [0.5, 0.6) is 0 Å². The molecule has 0 unspecified atom stereocenters. The average molecular weight is 410 g/mol. The fraction of sp³-hybridized carbons (Fsp3) is 0.0323. The summed E-state index contributed by atoms with van der Waals surface area (Å²) >= 11 is 0. The summed E-state index contributed by atoms with van der Waals surface area (Å²) in [5.41, 5.74) is 4.91.